The highest BCUT2D eigenvalue weighted by Gasteiger charge is 2.73. The van der Waals surface area contributed by atoms with Gasteiger partial charge in [0, 0.05) is 18.8 Å². The third-order valence-corrected chi connectivity index (χ3v) is 9.16. The average molecular weight is 405 g/mol. The maximum absolute atomic E-state index is 12.9. The fourth-order valence-electron chi connectivity index (χ4n) is 7.28. The van der Waals surface area contributed by atoms with Crippen LogP contribution in [0.2, 0.25) is 0 Å². The molecule has 0 radical (unpaired) electrons. The predicted molar refractivity (Wildman–Crippen MR) is 105 cm³/mol. The zero-order valence-corrected chi connectivity index (χ0v) is 17.6. The molecular formula is C23H32O6. The van der Waals surface area contributed by atoms with Gasteiger partial charge in [-0.2, -0.15) is 0 Å². The van der Waals surface area contributed by atoms with Crippen molar-refractivity contribution in [3.05, 3.63) is 11.6 Å². The highest BCUT2D eigenvalue weighted by molar-refractivity contribution is 5.92. The average Bonchev–Trinajstić information content (AvgIpc) is 2.89. The van der Waals surface area contributed by atoms with Gasteiger partial charge in [0.25, 0.3) is 0 Å². The number of aliphatic hydroxyl groups is 2. The first kappa shape index (κ1) is 20.7. The molecule has 0 saturated heterocycles. The molecule has 0 spiro atoms. The van der Waals surface area contributed by atoms with E-state index >= 15 is 0 Å². The summed E-state index contributed by atoms with van der Waals surface area (Å²) in [5.74, 6) is -0.667. The van der Waals surface area contributed by atoms with Crippen molar-refractivity contribution in [2.45, 2.75) is 83.3 Å². The SMILES string of the molecule is CC(=O)OCC(=O)[C@@]1(O)CC[C@@]2(O)[C@H]3CCC4=CC(=O)CC[C@@]4(C)[C@H]3CC[C@]21C. The lowest BCUT2D eigenvalue weighted by atomic mass is 9.44. The Hall–Kier alpha value is -1.53. The first-order valence-electron chi connectivity index (χ1n) is 10.8. The van der Waals surface area contributed by atoms with Gasteiger partial charge >= 0.3 is 5.97 Å². The Bertz CT molecular complexity index is 801. The number of allylic oxidation sites excluding steroid dienone is 1. The van der Waals surface area contributed by atoms with Crippen LogP contribution in [-0.4, -0.2) is 45.6 Å². The second-order valence-electron chi connectivity index (χ2n) is 10.2. The molecule has 29 heavy (non-hydrogen) atoms. The van der Waals surface area contributed by atoms with E-state index in [9.17, 15) is 24.6 Å². The number of carbonyl (C=O) groups is 3. The number of ketones is 2. The molecule has 4 aliphatic rings. The zero-order valence-electron chi connectivity index (χ0n) is 17.6. The molecule has 0 heterocycles. The summed E-state index contributed by atoms with van der Waals surface area (Å²) >= 11 is 0. The van der Waals surface area contributed by atoms with Crippen LogP contribution in [0.25, 0.3) is 0 Å². The van der Waals surface area contributed by atoms with E-state index in [1.165, 1.54) is 12.5 Å². The summed E-state index contributed by atoms with van der Waals surface area (Å²) in [4.78, 5) is 36.0. The van der Waals surface area contributed by atoms with Crippen LogP contribution in [-0.2, 0) is 19.1 Å². The van der Waals surface area contributed by atoms with Gasteiger partial charge in [-0.25, -0.2) is 0 Å². The molecule has 0 amide bonds. The van der Waals surface area contributed by atoms with Crippen LogP contribution in [0.1, 0.15) is 72.1 Å². The maximum Gasteiger partial charge on any atom is 0.303 e. The second kappa shape index (κ2) is 6.48. The van der Waals surface area contributed by atoms with Crippen molar-refractivity contribution >= 4 is 17.5 Å². The molecule has 160 valence electrons. The van der Waals surface area contributed by atoms with E-state index < -0.39 is 35.0 Å². The molecule has 4 aliphatic carbocycles. The topological polar surface area (TPSA) is 101 Å². The number of hydrogen-bond acceptors (Lipinski definition) is 6. The predicted octanol–water partition coefficient (Wildman–Crippen LogP) is 2.50. The largest absolute Gasteiger partial charge is 0.458 e. The Morgan fingerprint density at radius 1 is 1.07 bits per heavy atom. The summed E-state index contributed by atoms with van der Waals surface area (Å²) in [7, 11) is 0. The van der Waals surface area contributed by atoms with Crippen molar-refractivity contribution < 1.29 is 29.3 Å². The second-order valence-corrected chi connectivity index (χ2v) is 10.2. The van der Waals surface area contributed by atoms with Gasteiger partial charge in [0.05, 0.1) is 5.60 Å². The van der Waals surface area contributed by atoms with Crippen molar-refractivity contribution in [2.24, 2.45) is 22.7 Å². The summed E-state index contributed by atoms with van der Waals surface area (Å²) < 4.78 is 4.87. The molecule has 3 fully saturated rings. The van der Waals surface area contributed by atoms with Crippen LogP contribution < -0.4 is 0 Å². The highest BCUT2D eigenvalue weighted by atomic mass is 16.5. The molecule has 2 N–H and O–H groups in total. The minimum Gasteiger partial charge on any atom is -0.458 e. The highest BCUT2D eigenvalue weighted by Crippen LogP contribution is 2.69. The molecule has 0 aliphatic heterocycles. The van der Waals surface area contributed by atoms with Gasteiger partial charge < -0.3 is 14.9 Å². The molecule has 6 nitrogen and oxygen atoms in total. The number of ether oxygens (including phenoxy) is 1. The molecule has 6 atom stereocenters. The molecule has 0 aromatic rings. The summed E-state index contributed by atoms with van der Waals surface area (Å²) in [6, 6.07) is 0. The van der Waals surface area contributed by atoms with Crippen molar-refractivity contribution in [3.8, 4) is 0 Å². The molecular weight excluding hydrogens is 372 g/mol. The molecule has 0 aromatic heterocycles. The van der Waals surface area contributed by atoms with Gasteiger partial charge in [-0.1, -0.05) is 19.4 Å². The van der Waals surface area contributed by atoms with Crippen LogP contribution in [0.3, 0.4) is 0 Å². The number of rotatable bonds is 3. The number of hydrogen-bond donors (Lipinski definition) is 2. The van der Waals surface area contributed by atoms with Crippen molar-refractivity contribution in [2.75, 3.05) is 6.61 Å². The normalized spacial score (nSPS) is 46.2. The van der Waals surface area contributed by atoms with E-state index in [2.05, 4.69) is 6.92 Å². The molecule has 0 aromatic carbocycles. The van der Waals surface area contributed by atoms with Crippen molar-refractivity contribution in [1.29, 1.82) is 0 Å². The summed E-state index contributed by atoms with van der Waals surface area (Å²) in [5.41, 5.74) is -2.70. The smallest absolute Gasteiger partial charge is 0.303 e. The van der Waals surface area contributed by atoms with Crippen LogP contribution in [0.15, 0.2) is 11.6 Å². The lowest BCUT2D eigenvalue weighted by molar-refractivity contribution is -0.218. The minimum atomic E-state index is -1.69. The van der Waals surface area contributed by atoms with Gasteiger partial charge in [-0.3, -0.25) is 14.4 Å². The summed E-state index contributed by atoms with van der Waals surface area (Å²) in [6.07, 6.45) is 6.60. The number of carbonyl (C=O) groups excluding carboxylic acids is 3. The molecule has 0 unspecified atom stereocenters. The van der Waals surface area contributed by atoms with Gasteiger partial charge in [0.1, 0.15) is 5.60 Å². The van der Waals surface area contributed by atoms with E-state index in [1.807, 2.05) is 13.0 Å². The van der Waals surface area contributed by atoms with E-state index in [1.54, 1.807) is 0 Å². The Kier molecular flexibility index (Phi) is 4.63. The van der Waals surface area contributed by atoms with Crippen molar-refractivity contribution in [3.63, 3.8) is 0 Å². The van der Waals surface area contributed by atoms with Crippen LogP contribution >= 0.6 is 0 Å². The minimum absolute atomic E-state index is 0.0212. The molecule has 0 bridgehead atoms. The van der Waals surface area contributed by atoms with Gasteiger partial charge in [0.2, 0.25) is 5.78 Å². The van der Waals surface area contributed by atoms with E-state index in [-0.39, 0.29) is 29.5 Å². The van der Waals surface area contributed by atoms with E-state index in [0.717, 1.165) is 25.7 Å². The Labute approximate surface area is 171 Å². The van der Waals surface area contributed by atoms with Crippen LogP contribution in [0.5, 0.6) is 0 Å². The van der Waals surface area contributed by atoms with Crippen molar-refractivity contribution in [1.82, 2.24) is 0 Å². The van der Waals surface area contributed by atoms with Crippen LogP contribution in [0.4, 0.5) is 0 Å². The van der Waals surface area contributed by atoms with E-state index in [4.69, 9.17) is 4.74 Å². The Morgan fingerprint density at radius 2 is 1.79 bits per heavy atom. The fourth-order valence-corrected chi connectivity index (χ4v) is 7.28. The lowest BCUT2D eigenvalue weighted by Crippen LogP contribution is -2.66. The zero-order chi connectivity index (χ0) is 21.2. The van der Waals surface area contributed by atoms with Crippen LogP contribution in [0, 0.1) is 22.7 Å². The number of esters is 1. The summed E-state index contributed by atoms with van der Waals surface area (Å²) in [6.45, 7) is 4.83. The van der Waals surface area contributed by atoms with E-state index in [0.29, 0.717) is 19.3 Å². The lowest BCUT2D eigenvalue weighted by Gasteiger charge is -2.62. The first-order chi connectivity index (χ1) is 13.5. The number of Topliss-reactive ketones (excluding diaryl/α,β-unsaturated/α-hetero) is 1. The first-order valence-corrected chi connectivity index (χ1v) is 10.8. The standard InChI is InChI=1S/C23H32O6/c1-14(24)29-13-19(26)23(28)11-10-22(27)18-5-4-15-12-16(25)6-8-20(15,2)17(18)7-9-21(22,23)3/h12,17-18,27-28H,4-11,13H2,1-3H3/t17-,18-,20+,21+,22+,23-/m0/s1. The Balaban J connectivity index is 1.66. The quantitative estimate of drug-likeness (QED) is 0.701. The summed E-state index contributed by atoms with van der Waals surface area (Å²) in [5, 5.41) is 23.4. The third-order valence-electron chi connectivity index (χ3n) is 9.16. The van der Waals surface area contributed by atoms with Gasteiger partial charge in [-0.05, 0) is 68.3 Å². The fraction of sp³-hybridized carbons (Fsp3) is 0.783. The molecule has 6 heteroatoms. The maximum atomic E-state index is 12.9. The molecule has 4 rings (SSSR count). The molecule has 3 saturated carbocycles. The number of fused-ring (bicyclic) bond motifs is 5. The van der Waals surface area contributed by atoms with Gasteiger partial charge in [-0.15, -0.1) is 0 Å². The van der Waals surface area contributed by atoms with Gasteiger partial charge in [0.15, 0.2) is 12.4 Å². The monoisotopic (exact) mass is 404 g/mol. The Morgan fingerprint density at radius 3 is 2.48 bits per heavy atom. The third kappa shape index (κ3) is 2.64.